The topological polar surface area (TPSA) is 72.2 Å². The molecule has 2 amide bonds. The second-order valence-corrected chi connectivity index (χ2v) is 4.25. The Balaban J connectivity index is 2.46. The highest BCUT2D eigenvalue weighted by molar-refractivity contribution is 5.88. The molecule has 1 saturated carbocycles. The monoisotopic (exact) mass is 210 g/mol. The lowest BCUT2D eigenvalue weighted by Gasteiger charge is -2.13. The standard InChI is InChI=1S/C11H18N2O2/c1-7(2)3-6-9(10(12)14)13-11(15)8-4-5-8/h3,8-9H,4-6H2,1-2H3,(H2,12,14)(H,13,15)/t9-/m0/s1. The molecule has 15 heavy (non-hydrogen) atoms. The summed E-state index contributed by atoms with van der Waals surface area (Å²) in [6.45, 7) is 3.89. The molecule has 0 aliphatic heterocycles. The van der Waals surface area contributed by atoms with E-state index in [4.69, 9.17) is 5.73 Å². The van der Waals surface area contributed by atoms with Gasteiger partial charge in [0, 0.05) is 5.92 Å². The molecule has 3 N–H and O–H groups in total. The first-order valence-electron chi connectivity index (χ1n) is 5.23. The highest BCUT2D eigenvalue weighted by Gasteiger charge is 2.31. The van der Waals surface area contributed by atoms with Gasteiger partial charge in [-0.2, -0.15) is 0 Å². The molecular weight excluding hydrogens is 192 g/mol. The normalized spacial score (nSPS) is 16.7. The van der Waals surface area contributed by atoms with E-state index < -0.39 is 11.9 Å². The van der Waals surface area contributed by atoms with Crippen LogP contribution >= 0.6 is 0 Å². The second kappa shape index (κ2) is 4.96. The van der Waals surface area contributed by atoms with Crippen molar-refractivity contribution < 1.29 is 9.59 Å². The molecule has 1 atom stereocenters. The van der Waals surface area contributed by atoms with Crippen LogP contribution in [0.2, 0.25) is 0 Å². The summed E-state index contributed by atoms with van der Waals surface area (Å²) in [6.07, 6.45) is 4.25. The molecule has 84 valence electrons. The maximum Gasteiger partial charge on any atom is 0.240 e. The molecular formula is C11H18N2O2. The fourth-order valence-electron chi connectivity index (χ4n) is 1.23. The van der Waals surface area contributed by atoms with E-state index in [0.717, 1.165) is 18.4 Å². The predicted octanol–water partition coefficient (Wildman–Crippen LogP) is 0.723. The lowest BCUT2D eigenvalue weighted by atomic mass is 10.1. The maximum atomic E-state index is 11.4. The van der Waals surface area contributed by atoms with Crippen LogP contribution in [0.15, 0.2) is 11.6 Å². The molecule has 4 heteroatoms. The van der Waals surface area contributed by atoms with Crippen LogP contribution in [-0.2, 0) is 9.59 Å². The van der Waals surface area contributed by atoms with E-state index in [0.29, 0.717) is 6.42 Å². The predicted molar refractivity (Wildman–Crippen MR) is 57.9 cm³/mol. The highest BCUT2D eigenvalue weighted by atomic mass is 16.2. The van der Waals surface area contributed by atoms with Crippen LogP contribution in [0.1, 0.15) is 33.1 Å². The Morgan fingerprint density at radius 2 is 2.07 bits per heavy atom. The van der Waals surface area contributed by atoms with Gasteiger partial charge in [-0.3, -0.25) is 9.59 Å². The van der Waals surface area contributed by atoms with Crippen molar-refractivity contribution in [3.05, 3.63) is 11.6 Å². The quantitative estimate of drug-likeness (QED) is 0.656. The van der Waals surface area contributed by atoms with Crippen LogP contribution in [0.5, 0.6) is 0 Å². The summed E-state index contributed by atoms with van der Waals surface area (Å²) in [6, 6.07) is -0.562. The van der Waals surface area contributed by atoms with Crippen molar-refractivity contribution in [2.75, 3.05) is 0 Å². The largest absolute Gasteiger partial charge is 0.368 e. The fourth-order valence-corrected chi connectivity index (χ4v) is 1.23. The number of carbonyl (C=O) groups excluding carboxylic acids is 2. The van der Waals surface area contributed by atoms with Crippen molar-refractivity contribution in [2.45, 2.75) is 39.2 Å². The van der Waals surface area contributed by atoms with Gasteiger partial charge in [0.15, 0.2) is 0 Å². The van der Waals surface area contributed by atoms with Gasteiger partial charge < -0.3 is 11.1 Å². The smallest absolute Gasteiger partial charge is 0.240 e. The summed E-state index contributed by atoms with van der Waals surface area (Å²) in [5.41, 5.74) is 6.32. The van der Waals surface area contributed by atoms with Gasteiger partial charge in [-0.1, -0.05) is 11.6 Å². The van der Waals surface area contributed by atoms with Crippen LogP contribution in [-0.4, -0.2) is 17.9 Å². The Morgan fingerprint density at radius 1 is 1.47 bits per heavy atom. The molecule has 0 aromatic rings. The summed E-state index contributed by atoms with van der Waals surface area (Å²) in [7, 11) is 0. The van der Waals surface area contributed by atoms with Crippen LogP contribution in [0.3, 0.4) is 0 Å². The zero-order valence-corrected chi connectivity index (χ0v) is 9.25. The number of nitrogens with two attached hydrogens (primary N) is 1. The van der Waals surface area contributed by atoms with E-state index in [1.807, 2.05) is 19.9 Å². The summed E-state index contributed by atoms with van der Waals surface area (Å²) in [5.74, 6) is -0.402. The van der Waals surface area contributed by atoms with Crippen molar-refractivity contribution in [2.24, 2.45) is 11.7 Å². The van der Waals surface area contributed by atoms with Crippen LogP contribution in [0.4, 0.5) is 0 Å². The molecule has 1 fully saturated rings. The van der Waals surface area contributed by atoms with Gasteiger partial charge in [-0.15, -0.1) is 0 Å². The first-order chi connectivity index (χ1) is 7.00. The Kier molecular flexibility index (Phi) is 3.88. The summed E-state index contributed by atoms with van der Waals surface area (Å²) in [5, 5.41) is 2.68. The van der Waals surface area contributed by atoms with Crippen molar-refractivity contribution in [1.82, 2.24) is 5.32 Å². The van der Waals surface area contributed by atoms with E-state index >= 15 is 0 Å². The van der Waals surface area contributed by atoms with Crippen molar-refractivity contribution in [3.63, 3.8) is 0 Å². The number of rotatable bonds is 5. The number of primary amides is 1. The summed E-state index contributed by atoms with van der Waals surface area (Å²) < 4.78 is 0. The van der Waals surface area contributed by atoms with Crippen LogP contribution < -0.4 is 11.1 Å². The third-order valence-electron chi connectivity index (χ3n) is 2.37. The van der Waals surface area contributed by atoms with E-state index in [9.17, 15) is 9.59 Å². The molecule has 1 aliphatic carbocycles. The summed E-state index contributed by atoms with van der Waals surface area (Å²) >= 11 is 0. The van der Waals surface area contributed by atoms with E-state index in [1.54, 1.807) is 0 Å². The average Bonchev–Trinajstić information content (AvgIpc) is 2.93. The van der Waals surface area contributed by atoms with Gasteiger partial charge in [0.25, 0.3) is 0 Å². The number of allylic oxidation sites excluding steroid dienone is 1. The molecule has 0 saturated heterocycles. The number of amides is 2. The minimum atomic E-state index is -0.562. The molecule has 1 aliphatic rings. The van der Waals surface area contributed by atoms with Gasteiger partial charge in [-0.25, -0.2) is 0 Å². The second-order valence-electron chi connectivity index (χ2n) is 4.25. The van der Waals surface area contributed by atoms with E-state index in [2.05, 4.69) is 5.32 Å². The maximum absolute atomic E-state index is 11.4. The zero-order chi connectivity index (χ0) is 11.4. The molecule has 0 radical (unpaired) electrons. The van der Waals surface area contributed by atoms with E-state index in [1.165, 1.54) is 0 Å². The summed E-state index contributed by atoms with van der Waals surface area (Å²) in [4.78, 5) is 22.5. The van der Waals surface area contributed by atoms with Gasteiger partial charge in [-0.05, 0) is 33.1 Å². The molecule has 0 heterocycles. The highest BCUT2D eigenvalue weighted by Crippen LogP contribution is 2.28. The molecule has 1 rings (SSSR count). The third-order valence-corrected chi connectivity index (χ3v) is 2.37. The van der Waals surface area contributed by atoms with Crippen molar-refractivity contribution in [1.29, 1.82) is 0 Å². The lowest BCUT2D eigenvalue weighted by Crippen LogP contribution is -2.44. The molecule has 0 unspecified atom stereocenters. The lowest BCUT2D eigenvalue weighted by molar-refractivity contribution is -0.128. The first kappa shape index (κ1) is 11.8. The number of hydrogen-bond acceptors (Lipinski definition) is 2. The number of nitrogens with one attached hydrogen (secondary N) is 1. The number of carbonyl (C=O) groups is 2. The average molecular weight is 210 g/mol. The Hall–Kier alpha value is -1.32. The van der Waals surface area contributed by atoms with Crippen LogP contribution in [0, 0.1) is 5.92 Å². The molecule has 0 aromatic heterocycles. The number of hydrogen-bond donors (Lipinski definition) is 2. The van der Waals surface area contributed by atoms with Gasteiger partial charge in [0.05, 0.1) is 0 Å². The first-order valence-corrected chi connectivity index (χ1v) is 5.23. The van der Waals surface area contributed by atoms with Gasteiger partial charge in [0.1, 0.15) is 6.04 Å². The molecule has 0 spiro atoms. The fraction of sp³-hybridized carbons (Fsp3) is 0.636. The Bertz CT molecular complexity index is 289. The van der Waals surface area contributed by atoms with E-state index in [-0.39, 0.29) is 11.8 Å². The molecule has 0 aromatic carbocycles. The zero-order valence-electron chi connectivity index (χ0n) is 9.25. The third kappa shape index (κ3) is 4.14. The van der Waals surface area contributed by atoms with Gasteiger partial charge >= 0.3 is 0 Å². The molecule has 0 bridgehead atoms. The SMILES string of the molecule is CC(C)=CC[C@H](NC(=O)C1CC1)C(N)=O. The minimum Gasteiger partial charge on any atom is -0.368 e. The van der Waals surface area contributed by atoms with Crippen molar-refractivity contribution in [3.8, 4) is 0 Å². The van der Waals surface area contributed by atoms with Gasteiger partial charge in [0.2, 0.25) is 11.8 Å². The van der Waals surface area contributed by atoms with Crippen LogP contribution in [0.25, 0.3) is 0 Å². The minimum absolute atomic E-state index is 0.0408. The Morgan fingerprint density at radius 3 is 2.47 bits per heavy atom. The Labute approximate surface area is 89.9 Å². The van der Waals surface area contributed by atoms with Crippen molar-refractivity contribution >= 4 is 11.8 Å². The molecule has 4 nitrogen and oxygen atoms in total.